The van der Waals surface area contributed by atoms with E-state index in [9.17, 15) is 9.59 Å². The van der Waals surface area contributed by atoms with Crippen LogP contribution in [0.15, 0.2) is 35.2 Å². The molecule has 3 fully saturated rings. The molecule has 30 heavy (non-hydrogen) atoms. The number of benzene rings is 1. The summed E-state index contributed by atoms with van der Waals surface area (Å²) in [7, 11) is 0. The van der Waals surface area contributed by atoms with E-state index in [-0.39, 0.29) is 23.9 Å². The third-order valence-electron chi connectivity index (χ3n) is 6.99. The Balaban J connectivity index is 1.51. The lowest BCUT2D eigenvalue weighted by Crippen LogP contribution is -2.51. The van der Waals surface area contributed by atoms with E-state index in [1.165, 1.54) is 37.7 Å². The van der Waals surface area contributed by atoms with Crippen molar-refractivity contribution in [3.8, 4) is 0 Å². The minimum Gasteiger partial charge on any atom is -0.350 e. The van der Waals surface area contributed by atoms with Crippen molar-refractivity contribution in [3.63, 3.8) is 0 Å². The van der Waals surface area contributed by atoms with Crippen LogP contribution >= 0.6 is 11.8 Å². The number of nitrogens with one attached hydrogen (secondary N) is 1. The maximum absolute atomic E-state index is 13.4. The molecule has 1 N–H and O–H groups in total. The molecule has 1 aromatic carbocycles. The van der Waals surface area contributed by atoms with Crippen LogP contribution in [0.25, 0.3) is 0 Å². The highest BCUT2D eigenvalue weighted by Gasteiger charge is 2.40. The first kappa shape index (κ1) is 21.5. The molecule has 0 radical (unpaired) electrons. The molecular formula is C25H34N2O2S. The number of carbonyl (C=O) groups is 2. The van der Waals surface area contributed by atoms with Crippen LogP contribution in [0.2, 0.25) is 0 Å². The average molecular weight is 427 g/mol. The number of carbonyl (C=O) groups excluding carboxylic acids is 2. The molecule has 1 saturated heterocycles. The summed E-state index contributed by atoms with van der Waals surface area (Å²) in [5, 5.41) is 3.58. The van der Waals surface area contributed by atoms with Crippen LogP contribution in [0, 0.1) is 12.8 Å². The van der Waals surface area contributed by atoms with E-state index in [1.54, 1.807) is 17.8 Å². The molecule has 0 spiro atoms. The van der Waals surface area contributed by atoms with Gasteiger partial charge in [0.1, 0.15) is 0 Å². The highest BCUT2D eigenvalue weighted by atomic mass is 32.2. The van der Waals surface area contributed by atoms with Gasteiger partial charge in [-0.25, -0.2) is 0 Å². The Bertz CT molecular complexity index is 804. The van der Waals surface area contributed by atoms with E-state index >= 15 is 0 Å². The Hall–Kier alpha value is -1.75. The van der Waals surface area contributed by atoms with E-state index in [1.807, 2.05) is 4.90 Å². The number of hydrogen-bond acceptors (Lipinski definition) is 3. The van der Waals surface area contributed by atoms with Crippen molar-refractivity contribution >= 4 is 23.6 Å². The predicted octanol–water partition coefficient (Wildman–Crippen LogP) is 4.96. The standard InChI is InChI=1S/C25H34N2O2S/c1-17-11-13-19(14-12-17)16-27-21-9-5-6-10-22(21)30-23(25(27)29)15-24(28)26-20-8-4-3-7-18(20)2/h11-15,18,20-22H,3-10,16H2,1-2H3,(H,26,28)/b23-15-. The number of rotatable bonds is 4. The number of aryl methyl sites for hydroxylation is 1. The van der Waals surface area contributed by atoms with Gasteiger partial charge in [-0.15, -0.1) is 11.8 Å². The molecule has 1 heterocycles. The van der Waals surface area contributed by atoms with Crippen molar-refractivity contribution < 1.29 is 9.59 Å². The quantitative estimate of drug-likeness (QED) is 0.692. The zero-order chi connectivity index (χ0) is 21.1. The topological polar surface area (TPSA) is 49.4 Å². The SMILES string of the molecule is Cc1ccc(CN2C(=O)/C(=C/C(=O)NC3CCCCC3C)SC3CCCCC32)cc1. The number of thioether (sulfide) groups is 1. The number of nitrogens with zero attached hydrogens (tertiary/aromatic N) is 1. The number of hydrogen-bond donors (Lipinski definition) is 1. The van der Waals surface area contributed by atoms with Crippen molar-refractivity contribution in [1.29, 1.82) is 0 Å². The summed E-state index contributed by atoms with van der Waals surface area (Å²) in [6.45, 7) is 4.92. The minimum atomic E-state index is -0.103. The van der Waals surface area contributed by atoms with E-state index in [4.69, 9.17) is 0 Å². The average Bonchev–Trinajstić information content (AvgIpc) is 2.74. The monoisotopic (exact) mass is 426 g/mol. The fourth-order valence-electron chi connectivity index (χ4n) is 5.13. The van der Waals surface area contributed by atoms with Gasteiger partial charge in [0, 0.05) is 30.0 Å². The summed E-state index contributed by atoms with van der Waals surface area (Å²) in [6.07, 6.45) is 10.8. The lowest BCUT2D eigenvalue weighted by molar-refractivity contribution is -0.130. The highest BCUT2D eigenvalue weighted by molar-refractivity contribution is 8.04. The third kappa shape index (κ3) is 4.93. The molecule has 0 bridgehead atoms. The van der Waals surface area contributed by atoms with Crippen LogP contribution in [-0.2, 0) is 16.1 Å². The molecule has 4 unspecified atom stereocenters. The lowest BCUT2D eigenvalue weighted by atomic mass is 9.86. The molecule has 1 aromatic rings. The normalized spacial score (nSPS) is 30.8. The summed E-state index contributed by atoms with van der Waals surface area (Å²) in [5.74, 6) is 0.432. The molecule has 2 saturated carbocycles. The first-order valence-corrected chi connectivity index (χ1v) is 12.4. The predicted molar refractivity (Wildman–Crippen MR) is 123 cm³/mol. The van der Waals surface area contributed by atoms with Crippen LogP contribution in [0.1, 0.15) is 69.4 Å². The van der Waals surface area contributed by atoms with Gasteiger partial charge in [-0.1, -0.05) is 62.4 Å². The van der Waals surface area contributed by atoms with Gasteiger partial charge in [-0.05, 0) is 44.1 Å². The molecule has 162 valence electrons. The van der Waals surface area contributed by atoms with Crippen molar-refractivity contribution in [2.75, 3.05) is 0 Å². The Labute approximate surface area is 184 Å². The fourth-order valence-corrected chi connectivity index (χ4v) is 6.57. The molecule has 1 aliphatic heterocycles. The smallest absolute Gasteiger partial charge is 0.261 e. The number of fused-ring (bicyclic) bond motifs is 1. The second kappa shape index (κ2) is 9.59. The zero-order valence-corrected chi connectivity index (χ0v) is 19.0. The summed E-state index contributed by atoms with van der Waals surface area (Å²) in [6, 6.07) is 8.94. The van der Waals surface area contributed by atoms with Crippen molar-refractivity contribution in [1.82, 2.24) is 10.2 Å². The number of amides is 2. The second-order valence-electron chi connectivity index (χ2n) is 9.31. The molecule has 2 amide bonds. The molecule has 2 aliphatic carbocycles. The lowest BCUT2D eigenvalue weighted by Gasteiger charge is -2.44. The van der Waals surface area contributed by atoms with E-state index < -0.39 is 0 Å². The molecular weight excluding hydrogens is 392 g/mol. The summed E-state index contributed by atoms with van der Waals surface area (Å²) in [4.78, 5) is 28.8. The van der Waals surface area contributed by atoms with Gasteiger partial charge in [0.2, 0.25) is 5.91 Å². The second-order valence-corrected chi connectivity index (χ2v) is 10.6. The van der Waals surface area contributed by atoms with Gasteiger partial charge in [-0.3, -0.25) is 9.59 Å². The van der Waals surface area contributed by atoms with Crippen LogP contribution in [0.5, 0.6) is 0 Å². The van der Waals surface area contributed by atoms with Gasteiger partial charge in [0.15, 0.2) is 0 Å². The van der Waals surface area contributed by atoms with Crippen LogP contribution in [0.3, 0.4) is 0 Å². The van der Waals surface area contributed by atoms with Crippen molar-refractivity contribution in [2.45, 2.75) is 89.1 Å². The van der Waals surface area contributed by atoms with E-state index in [2.05, 4.69) is 43.4 Å². The Morgan fingerprint density at radius 3 is 2.57 bits per heavy atom. The third-order valence-corrected chi connectivity index (χ3v) is 8.39. The summed E-state index contributed by atoms with van der Waals surface area (Å²) < 4.78 is 0. The molecule has 3 aliphatic rings. The molecule has 5 heteroatoms. The summed E-state index contributed by atoms with van der Waals surface area (Å²) >= 11 is 1.64. The first-order valence-electron chi connectivity index (χ1n) is 11.6. The Morgan fingerprint density at radius 1 is 1.10 bits per heavy atom. The largest absolute Gasteiger partial charge is 0.350 e. The maximum atomic E-state index is 13.4. The fraction of sp³-hybridized carbons (Fsp3) is 0.600. The van der Waals surface area contributed by atoms with E-state index in [0.717, 1.165) is 24.8 Å². The summed E-state index contributed by atoms with van der Waals surface area (Å²) in [5.41, 5.74) is 2.38. The van der Waals surface area contributed by atoms with Crippen LogP contribution < -0.4 is 5.32 Å². The maximum Gasteiger partial charge on any atom is 0.261 e. The van der Waals surface area contributed by atoms with Crippen molar-refractivity contribution in [2.24, 2.45) is 5.92 Å². The molecule has 0 aromatic heterocycles. The van der Waals surface area contributed by atoms with Crippen LogP contribution in [0.4, 0.5) is 0 Å². The first-order chi connectivity index (χ1) is 14.5. The zero-order valence-electron chi connectivity index (χ0n) is 18.2. The van der Waals surface area contributed by atoms with Gasteiger partial charge in [0.25, 0.3) is 5.91 Å². The highest BCUT2D eigenvalue weighted by Crippen LogP contribution is 2.42. The van der Waals surface area contributed by atoms with E-state index in [0.29, 0.717) is 22.6 Å². The van der Waals surface area contributed by atoms with Gasteiger partial charge < -0.3 is 10.2 Å². The molecule has 4 rings (SSSR count). The molecule has 4 atom stereocenters. The Kier molecular flexibility index (Phi) is 6.87. The Morgan fingerprint density at radius 2 is 1.80 bits per heavy atom. The van der Waals surface area contributed by atoms with Gasteiger partial charge >= 0.3 is 0 Å². The van der Waals surface area contributed by atoms with Gasteiger partial charge in [0.05, 0.1) is 4.91 Å². The van der Waals surface area contributed by atoms with Crippen molar-refractivity contribution in [3.05, 3.63) is 46.4 Å². The molecule has 4 nitrogen and oxygen atoms in total. The minimum absolute atomic E-state index is 0.0237. The van der Waals surface area contributed by atoms with Crippen LogP contribution in [-0.4, -0.2) is 34.0 Å². The van der Waals surface area contributed by atoms with Gasteiger partial charge in [-0.2, -0.15) is 0 Å².